The van der Waals surface area contributed by atoms with Crippen LogP contribution in [0.25, 0.3) is 17.1 Å². The largest absolute Gasteiger partial charge is 0.507 e. The fraction of sp³-hybridized carbons (Fsp3) is 0.321. The summed E-state index contributed by atoms with van der Waals surface area (Å²) < 4.78 is 5.04. The van der Waals surface area contributed by atoms with E-state index < -0.39 is 17.7 Å². The number of hydrogen-bond acceptors (Lipinski definition) is 8. The number of aromatic nitrogens is 2. The number of hydrogen-bond donors (Lipinski definition) is 3. The Labute approximate surface area is 220 Å². The van der Waals surface area contributed by atoms with Crippen molar-refractivity contribution in [3.8, 4) is 11.4 Å². The Kier molecular flexibility index (Phi) is 8.02. The van der Waals surface area contributed by atoms with Crippen LogP contribution in [0, 0.1) is 12.8 Å². The van der Waals surface area contributed by atoms with Crippen LogP contribution < -0.4 is 10.2 Å². The predicted octanol–water partition coefficient (Wildman–Crippen LogP) is 3.46. The van der Waals surface area contributed by atoms with E-state index in [9.17, 15) is 19.5 Å². The molecular formula is C28H30N4O6. The Morgan fingerprint density at radius 1 is 1.05 bits per heavy atom. The van der Waals surface area contributed by atoms with Crippen molar-refractivity contribution >= 4 is 29.0 Å². The van der Waals surface area contributed by atoms with Crippen LogP contribution in [0.15, 0.2) is 58.6 Å². The average Bonchev–Trinajstić information content (AvgIpc) is 3.48. The standard InChI is InChI=1S/C28H30N4O6/c1-4-17(5-2)23-22(24(34)18-6-8-20(9-7-18)27(36)29-14-15-33)25(35)28(37)32(23)21-12-10-19(11-13-21)26-30-16(3)38-31-26/h6-13,17,23,33-34H,4-5,14-15H2,1-3H3,(H,29,36)/b24-22-. The number of carbonyl (C=O) groups excluding carboxylic acids is 3. The summed E-state index contributed by atoms with van der Waals surface area (Å²) >= 11 is 0. The second-order valence-electron chi connectivity index (χ2n) is 9.03. The number of nitrogens with one attached hydrogen (secondary N) is 1. The fourth-order valence-electron chi connectivity index (χ4n) is 4.72. The first-order valence-electron chi connectivity index (χ1n) is 12.5. The van der Waals surface area contributed by atoms with E-state index in [1.165, 1.54) is 29.2 Å². The average molecular weight is 519 g/mol. The molecule has 0 aliphatic carbocycles. The van der Waals surface area contributed by atoms with Crippen LogP contribution in [-0.2, 0) is 9.59 Å². The highest BCUT2D eigenvalue weighted by Gasteiger charge is 2.48. The van der Waals surface area contributed by atoms with Gasteiger partial charge in [0.25, 0.3) is 17.6 Å². The number of aliphatic hydroxyl groups is 2. The minimum absolute atomic E-state index is 0.0408. The van der Waals surface area contributed by atoms with Gasteiger partial charge < -0.3 is 20.1 Å². The van der Waals surface area contributed by atoms with Crippen molar-refractivity contribution in [1.29, 1.82) is 0 Å². The highest BCUT2D eigenvalue weighted by atomic mass is 16.5. The van der Waals surface area contributed by atoms with E-state index in [1.807, 2.05) is 13.8 Å². The van der Waals surface area contributed by atoms with E-state index in [0.717, 1.165) is 0 Å². The summed E-state index contributed by atoms with van der Waals surface area (Å²) in [5.74, 6) is -1.38. The van der Waals surface area contributed by atoms with Gasteiger partial charge in [0.05, 0.1) is 18.2 Å². The minimum atomic E-state index is -0.762. The monoisotopic (exact) mass is 518 g/mol. The van der Waals surface area contributed by atoms with E-state index in [-0.39, 0.29) is 36.3 Å². The highest BCUT2D eigenvalue weighted by Crippen LogP contribution is 2.39. The third-order valence-corrected chi connectivity index (χ3v) is 6.73. The van der Waals surface area contributed by atoms with Crippen LogP contribution in [0.3, 0.4) is 0 Å². The van der Waals surface area contributed by atoms with Gasteiger partial charge in [0.15, 0.2) is 0 Å². The zero-order chi connectivity index (χ0) is 27.4. The predicted molar refractivity (Wildman–Crippen MR) is 140 cm³/mol. The van der Waals surface area contributed by atoms with Gasteiger partial charge in [-0.2, -0.15) is 4.98 Å². The zero-order valence-electron chi connectivity index (χ0n) is 21.5. The Balaban J connectivity index is 1.72. The molecule has 3 N–H and O–H groups in total. The maximum absolute atomic E-state index is 13.3. The smallest absolute Gasteiger partial charge is 0.299 e. The molecule has 2 aromatic carbocycles. The molecule has 0 spiro atoms. The van der Waals surface area contributed by atoms with Gasteiger partial charge in [0, 0.05) is 35.8 Å². The molecule has 2 heterocycles. The van der Waals surface area contributed by atoms with Crippen molar-refractivity contribution < 1.29 is 29.1 Å². The fourth-order valence-corrected chi connectivity index (χ4v) is 4.72. The molecule has 0 radical (unpaired) electrons. The Hall–Kier alpha value is -4.31. The van der Waals surface area contributed by atoms with Crippen molar-refractivity contribution in [2.45, 2.75) is 39.7 Å². The van der Waals surface area contributed by atoms with Crippen LogP contribution in [0.2, 0.25) is 0 Å². The van der Waals surface area contributed by atoms with Gasteiger partial charge >= 0.3 is 0 Å². The molecule has 1 saturated heterocycles. The summed E-state index contributed by atoms with van der Waals surface area (Å²) in [5, 5.41) is 26.6. The van der Waals surface area contributed by atoms with Crippen LogP contribution in [0.4, 0.5) is 5.69 Å². The van der Waals surface area contributed by atoms with Gasteiger partial charge in [-0.05, 0) is 42.3 Å². The zero-order valence-corrected chi connectivity index (χ0v) is 21.5. The Bertz CT molecular complexity index is 1360. The van der Waals surface area contributed by atoms with Gasteiger partial charge in [-0.1, -0.05) is 44.0 Å². The van der Waals surface area contributed by atoms with E-state index >= 15 is 0 Å². The van der Waals surface area contributed by atoms with Gasteiger partial charge in [-0.15, -0.1) is 0 Å². The van der Waals surface area contributed by atoms with Crippen LogP contribution >= 0.6 is 0 Å². The molecule has 0 bridgehead atoms. The molecule has 1 aliphatic heterocycles. The maximum Gasteiger partial charge on any atom is 0.299 e. The normalized spacial score (nSPS) is 16.9. The van der Waals surface area contributed by atoms with Crippen molar-refractivity contribution in [2.75, 3.05) is 18.1 Å². The lowest BCUT2D eigenvalue weighted by atomic mass is 9.87. The third-order valence-electron chi connectivity index (χ3n) is 6.73. The number of ketones is 1. The molecule has 0 saturated carbocycles. The van der Waals surface area contributed by atoms with Crippen LogP contribution in [0.1, 0.15) is 48.5 Å². The van der Waals surface area contributed by atoms with E-state index in [1.54, 1.807) is 31.2 Å². The SMILES string of the molecule is CCC(CC)C1/C(=C(/O)c2ccc(C(=O)NCCO)cc2)C(=O)C(=O)N1c1ccc(-c2noc(C)n2)cc1. The van der Waals surface area contributed by atoms with Crippen LogP contribution in [0.5, 0.6) is 0 Å². The second kappa shape index (κ2) is 11.4. The molecule has 10 nitrogen and oxygen atoms in total. The molecule has 1 fully saturated rings. The first-order chi connectivity index (χ1) is 18.3. The number of anilines is 1. The number of carbonyl (C=O) groups is 3. The van der Waals surface area contributed by atoms with Gasteiger partial charge in [-0.25, -0.2) is 0 Å². The lowest BCUT2D eigenvalue weighted by Gasteiger charge is -2.31. The van der Waals surface area contributed by atoms with Gasteiger partial charge in [-0.3, -0.25) is 19.3 Å². The summed E-state index contributed by atoms with van der Waals surface area (Å²) in [4.78, 5) is 44.4. The summed E-state index contributed by atoms with van der Waals surface area (Å²) in [5.41, 5.74) is 1.91. The molecule has 1 aliphatic rings. The molecule has 38 heavy (non-hydrogen) atoms. The topological polar surface area (TPSA) is 146 Å². The number of amides is 2. The molecule has 2 amide bonds. The molecule has 3 aromatic rings. The maximum atomic E-state index is 13.3. The summed E-state index contributed by atoms with van der Waals surface area (Å²) in [6.45, 7) is 5.60. The van der Waals surface area contributed by atoms with E-state index in [4.69, 9.17) is 9.63 Å². The third kappa shape index (κ3) is 5.08. The van der Waals surface area contributed by atoms with Gasteiger partial charge in [0.2, 0.25) is 11.7 Å². The summed E-state index contributed by atoms with van der Waals surface area (Å²) in [6, 6.07) is 12.4. The molecule has 198 valence electrons. The highest BCUT2D eigenvalue weighted by molar-refractivity contribution is 6.51. The Morgan fingerprint density at radius 3 is 2.24 bits per heavy atom. The first-order valence-corrected chi connectivity index (χ1v) is 12.5. The number of nitrogens with zero attached hydrogens (tertiary/aromatic N) is 3. The number of aryl methyl sites for hydroxylation is 1. The Morgan fingerprint density at radius 2 is 1.68 bits per heavy atom. The quantitative estimate of drug-likeness (QED) is 0.222. The summed E-state index contributed by atoms with van der Waals surface area (Å²) in [6.07, 6.45) is 1.36. The summed E-state index contributed by atoms with van der Waals surface area (Å²) in [7, 11) is 0. The number of aliphatic hydroxyl groups excluding tert-OH is 2. The lowest BCUT2D eigenvalue weighted by Crippen LogP contribution is -2.39. The number of benzene rings is 2. The van der Waals surface area contributed by atoms with Crippen molar-refractivity contribution in [1.82, 2.24) is 15.5 Å². The first kappa shape index (κ1) is 26.7. The molecule has 1 aromatic heterocycles. The van der Waals surface area contributed by atoms with Gasteiger partial charge in [0.1, 0.15) is 5.76 Å². The lowest BCUT2D eigenvalue weighted by molar-refractivity contribution is -0.132. The second-order valence-corrected chi connectivity index (χ2v) is 9.03. The van der Waals surface area contributed by atoms with Crippen molar-refractivity contribution in [3.63, 3.8) is 0 Å². The molecular weight excluding hydrogens is 488 g/mol. The number of rotatable bonds is 9. The minimum Gasteiger partial charge on any atom is -0.507 e. The van der Waals surface area contributed by atoms with Crippen molar-refractivity contribution in [3.05, 3.63) is 71.1 Å². The van der Waals surface area contributed by atoms with E-state index in [0.29, 0.717) is 46.9 Å². The van der Waals surface area contributed by atoms with E-state index in [2.05, 4.69) is 15.5 Å². The van der Waals surface area contributed by atoms with Crippen LogP contribution in [-0.4, -0.2) is 57.1 Å². The molecule has 10 heteroatoms. The molecule has 4 rings (SSSR count). The van der Waals surface area contributed by atoms with Crippen molar-refractivity contribution in [2.24, 2.45) is 5.92 Å². The number of Topliss-reactive ketones (excluding diaryl/α,β-unsaturated/α-hetero) is 1. The molecule has 1 atom stereocenters. The molecule has 1 unspecified atom stereocenters.